The number of methoxy groups -OCH3 is 4. The van der Waals surface area contributed by atoms with Gasteiger partial charge in [0.2, 0.25) is 5.91 Å². The first-order valence-corrected chi connectivity index (χ1v) is 23.8. The van der Waals surface area contributed by atoms with Gasteiger partial charge >= 0.3 is 18.9 Å². The zero-order valence-electron chi connectivity index (χ0n) is 43.6. The number of benzene rings is 4. The number of aromatic nitrogens is 4. The molecule has 0 bridgehead atoms. The van der Waals surface area contributed by atoms with Crippen molar-refractivity contribution in [2.75, 3.05) is 79.2 Å². The number of halogens is 2. The molecule has 4 aromatic carbocycles. The number of fused-ring (bicyclic) bond motifs is 2. The second-order valence-electron chi connectivity index (χ2n) is 16.8. The summed E-state index contributed by atoms with van der Waals surface area (Å²) < 4.78 is 50.4. The monoisotopic (exact) mass is 1030 g/mol. The molecule has 0 radical (unpaired) electrons. The molecule has 0 spiro atoms. The summed E-state index contributed by atoms with van der Waals surface area (Å²) >= 11 is 0. The van der Waals surface area contributed by atoms with Gasteiger partial charge in [-0.1, -0.05) is 50.3 Å². The van der Waals surface area contributed by atoms with Crippen LogP contribution in [0.2, 0.25) is 0 Å². The van der Waals surface area contributed by atoms with Gasteiger partial charge in [-0.25, -0.2) is 28.7 Å². The number of nitriles is 2. The van der Waals surface area contributed by atoms with Crippen LogP contribution >= 0.6 is 0 Å². The van der Waals surface area contributed by atoms with Crippen molar-refractivity contribution in [3.05, 3.63) is 118 Å². The third-order valence-corrected chi connectivity index (χ3v) is 12.3. The van der Waals surface area contributed by atoms with Crippen LogP contribution < -0.4 is 65.2 Å². The Labute approximate surface area is 452 Å². The summed E-state index contributed by atoms with van der Waals surface area (Å²) in [6, 6.07) is 21.6. The van der Waals surface area contributed by atoms with Gasteiger partial charge in [-0.3, -0.25) is 11.1 Å². The average molecular weight is 1030 g/mol. The van der Waals surface area contributed by atoms with Gasteiger partial charge in [-0.15, -0.1) is 6.42 Å². The van der Waals surface area contributed by atoms with Crippen molar-refractivity contribution in [3.8, 4) is 35.1 Å². The molecule has 19 nitrogen and oxygen atoms in total. The fourth-order valence-corrected chi connectivity index (χ4v) is 8.39. The Morgan fingerprint density at radius 2 is 1.22 bits per heavy atom. The first kappa shape index (κ1) is 60.8. The Morgan fingerprint density at radius 3 is 1.62 bits per heavy atom. The predicted octanol–water partition coefficient (Wildman–Crippen LogP) is 3.88. The molecule has 2 aliphatic rings. The standard InChI is InChI=1S/C27H29FN6O3.C15H17FN4O2.C12H13N2O.Li.H2O/c1-4-31-20(17-7-5-16(15-29)6-8-17)14-22(35)34-11-9-18(10-12-34)27-32-24-19(26(30)33-27)13-21(36-2)25(37-3)23(24)28;1-21-10-7-9-12(11(16)13(10)22-2)19-15(20-14(9)17)8-3-5-18-6-4-8;1-2-14-12(7-8-15)11-5-3-10(9-13)4-6-11;;/h5-9,13,20,31H,4,10-12,14H2,1-3H3,(H2,30,32,33);3,7,18H,4-6H2,1-2H3,(H2,17,19,20);3-6,12,14H,2,7H2,1H3;;1H2/q;;-1;+1;/p-1/t20-;;12-;;/m1.1../s1. The third kappa shape index (κ3) is 14.5. The number of nitrogens with one attached hydrogen (secondary N) is 3. The van der Waals surface area contributed by atoms with E-state index in [9.17, 15) is 14.0 Å². The van der Waals surface area contributed by atoms with Gasteiger partial charge in [0.25, 0.3) is 0 Å². The molecule has 2 aliphatic heterocycles. The van der Waals surface area contributed by atoms with Crippen LogP contribution in [0.4, 0.5) is 20.4 Å². The molecular formula is C54H60F2LiN12O7-. The molecule has 394 valence electrons. The molecule has 0 saturated carbocycles. The summed E-state index contributed by atoms with van der Waals surface area (Å²) in [5.74, 6) is 0.310. The van der Waals surface area contributed by atoms with Crippen molar-refractivity contribution in [3.63, 3.8) is 0 Å². The van der Waals surface area contributed by atoms with E-state index in [0.29, 0.717) is 66.0 Å². The molecule has 0 unspecified atom stereocenters. The molecule has 0 aliphatic carbocycles. The maximum absolute atomic E-state index is 15.1. The Balaban J connectivity index is 0.000000271. The van der Waals surface area contributed by atoms with Crippen LogP contribution in [0.25, 0.3) is 33.0 Å². The summed E-state index contributed by atoms with van der Waals surface area (Å²) in [4.78, 5) is 42.7. The first-order chi connectivity index (χ1) is 35.9. The Bertz CT molecular complexity index is 3110. The van der Waals surface area contributed by atoms with Crippen LogP contribution in [0.15, 0.2) is 72.8 Å². The quantitative estimate of drug-likeness (QED) is 0.0679. The van der Waals surface area contributed by atoms with Crippen LogP contribution in [0.1, 0.15) is 85.5 Å². The number of rotatable bonds is 16. The number of nitrogens with zero attached hydrogens (tertiary/aromatic N) is 7. The van der Waals surface area contributed by atoms with Crippen LogP contribution in [0.5, 0.6) is 23.0 Å². The van der Waals surface area contributed by atoms with Gasteiger partial charge in [-0.05, 0) is 91.1 Å². The number of ether oxygens (including phenoxy) is 4. The minimum atomic E-state index is -0.669. The topological polar surface area (TPSA) is 292 Å². The minimum absolute atomic E-state index is 0. The molecule has 22 heteroatoms. The van der Waals surface area contributed by atoms with Crippen molar-refractivity contribution in [1.29, 1.82) is 10.5 Å². The Morgan fingerprint density at radius 1 is 0.750 bits per heavy atom. The molecular weight excluding hydrogens is 974 g/mol. The minimum Gasteiger partial charge on any atom is -0.870 e. The largest absolute Gasteiger partial charge is 1.00 e. The van der Waals surface area contributed by atoms with E-state index in [0.717, 1.165) is 48.3 Å². The first-order valence-electron chi connectivity index (χ1n) is 23.8. The van der Waals surface area contributed by atoms with E-state index in [1.807, 2.05) is 56.6 Å². The fraction of sp³-hybridized carbons (Fsp3) is 0.333. The Kier molecular flexibility index (Phi) is 23.5. The van der Waals surface area contributed by atoms with Crippen molar-refractivity contribution in [1.82, 2.24) is 40.8 Å². The van der Waals surface area contributed by atoms with E-state index >= 15 is 4.39 Å². The fourth-order valence-electron chi connectivity index (χ4n) is 8.39. The van der Waals surface area contributed by atoms with Crippen LogP contribution in [-0.2, 0) is 9.59 Å². The summed E-state index contributed by atoms with van der Waals surface area (Å²) in [6.45, 7) is 7.92. The van der Waals surface area contributed by atoms with Crippen LogP contribution in [0, 0.1) is 34.3 Å². The van der Waals surface area contributed by atoms with Crippen molar-refractivity contribution >= 4 is 56.8 Å². The number of nitrogens with two attached hydrogens (primary N) is 2. The second kappa shape index (κ2) is 29.4. The van der Waals surface area contributed by atoms with E-state index in [1.165, 1.54) is 28.4 Å². The predicted molar refractivity (Wildman–Crippen MR) is 281 cm³/mol. The number of hydrogen-bond donors (Lipinski definition) is 5. The maximum atomic E-state index is 15.1. The summed E-state index contributed by atoms with van der Waals surface area (Å²) in [5.41, 5.74) is 17.3. The number of nitrogen functional groups attached to an aromatic ring is 2. The van der Waals surface area contributed by atoms with Crippen LogP contribution in [-0.4, -0.2) is 110 Å². The van der Waals surface area contributed by atoms with E-state index in [2.05, 4.69) is 48.0 Å². The molecule has 76 heavy (non-hydrogen) atoms. The number of carbonyl (C=O) groups is 1. The Hall–Kier alpha value is -7.74. The number of amides is 1. The van der Waals surface area contributed by atoms with Gasteiger partial charge in [0.1, 0.15) is 22.7 Å². The molecule has 0 fully saturated rings. The van der Waals surface area contributed by atoms with Gasteiger partial charge in [0.05, 0.1) is 51.7 Å². The van der Waals surface area contributed by atoms with Crippen molar-refractivity contribution in [2.45, 2.75) is 51.6 Å². The molecule has 1 amide bonds. The molecule has 2 atom stereocenters. The van der Waals surface area contributed by atoms with Gasteiger partial charge < -0.3 is 61.5 Å². The molecule has 8 rings (SSSR count). The number of carbonyl (C=O) groups excluding carboxylic acids is 2. The van der Waals surface area contributed by atoms with Crippen LogP contribution in [0.3, 0.4) is 0 Å². The molecule has 2 aromatic heterocycles. The maximum Gasteiger partial charge on any atom is 1.00 e. The van der Waals surface area contributed by atoms with Gasteiger partial charge in [-0.2, -0.15) is 10.5 Å². The van der Waals surface area contributed by atoms with Gasteiger partial charge in [0, 0.05) is 48.9 Å². The SMILES string of the molecule is CCN[C@H](CC(=O)N1CC=C(c2nc(N)c3cc(OC)c(OC)c(F)c3n2)CC1)c1ccc(C#N)cc1.CCN[C@H](C[C-]=O)c1ccc(C#N)cc1.COc1cc2c(N)nc(C3=CCNCC3)nc2c(F)c1OC.[Li+].[OH-]. The second-order valence-corrected chi connectivity index (χ2v) is 16.8. The van der Waals surface area contributed by atoms with E-state index < -0.39 is 11.6 Å². The average Bonchev–Trinajstić information content (AvgIpc) is 3.43. The summed E-state index contributed by atoms with van der Waals surface area (Å²) in [5, 5.41) is 28.2. The number of hydrogen-bond acceptors (Lipinski definition) is 18. The number of anilines is 2. The molecule has 4 heterocycles. The zero-order chi connectivity index (χ0) is 53.3. The summed E-state index contributed by atoms with van der Waals surface area (Å²) in [7, 11) is 5.59. The van der Waals surface area contributed by atoms with E-state index in [-0.39, 0.29) is 94.4 Å². The third-order valence-electron chi connectivity index (χ3n) is 12.3. The van der Waals surface area contributed by atoms with Crippen molar-refractivity contribution in [2.24, 2.45) is 0 Å². The summed E-state index contributed by atoms with van der Waals surface area (Å²) in [6.07, 6.45) is 7.68. The van der Waals surface area contributed by atoms with Crippen molar-refractivity contribution < 1.29 is 61.7 Å². The van der Waals surface area contributed by atoms with E-state index in [4.69, 9.17) is 40.9 Å². The molecule has 8 N–H and O–H groups in total. The smallest absolute Gasteiger partial charge is 0.870 e. The normalized spacial score (nSPS) is 13.5. The zero-order valence-corrected chi connectivity index (χ0v) is 43.6. The molecule has 6 aromatic rings. The van der Waals surface area contributed by atoms with Gasteiger partial charge in [0.15, 0.2) is 46.3 Å². The molecule has 0 saturated heterocycles. The van der Waals surface area contributed by atoms with E-state index in [1.54, 1.807) is 41.3 Å².